The van der Waals surface area contributed by atoms with Crippen LogP contribution < -0.4 is 10.6 Å². The molecule has 0 saturated heterocycles. The van der Waals surface area contributed by atoms with Crippen molar-refractivity contribution in [2.45, 2.75) is 51.2 Å². The van der Waals surface area contributed by atoms with Crippen molar-refractivity contribution in [1.82, 2.24) is 30.2 Å². The normalized spacial score (nSPS) is 15.5. The van der Waals surface area contributed by atoms with Crippen LogP contribution in [0.3, 0.4) is 0 Å². The summed E-state index contributed by atoms with van der Waals surface area (Å²) in [4.78, 5) is 33.7. The quantitative estimate of drug-likeness (QED) is 0.539. The molecule has 0 radical (unpaired) electrons. The summed E-state index contributed by atoms with van der Waals surface area (Å²) in [6, 6.07) is 5.93. The number of carbonyl (C=O) groups is 2. The number of nitrogens with zero attached hydrogens (tertiary/aromatic N) is 4. The average molecular weight is 440 g/mol. The zero-order valence-corrected chi connectivity index (χ0v) is 17.8. The molecule has 32 heavy (non-hydrogen) atoms. The Kier molecular flexibility index (Phi) is 6.13. The van der Waals surface area contributed by atoms with Gasteiger partial charge in [0.15, 0.2) is 0 Å². The van der Waals surface area contributed by atoms with E-state index in [9.17, 15) is 19.1 Å². The third kappa shape index (κ3) is 4.75. The lowest BCUT2D eigenvalue weighted by molar-refractivity contribution is 0.00518. The monoisotopic (exact) mass is 440 g/mol. The van der Waals surface area contributed by atoms with E-state index in [1.165, 1.54) is 23.0 Å². The first-order valence-corrected chi connectivity index (χ1v) is 10.6. The van der Waals surface area contributed by atoms with Crippen LogP contribution in [0.1, 0.15) is 64.2 Å². The highest BCUT2D eigenvalue weighted by molar-refractivity contribution is 5.98. The van der Waals surface area contributed by atoms with Gasteiger partial charge in [-0.3, -0.25) is 9.59 Å². The van der Waals surface area contributed by atoms with Gasteiger partial charge in [-0.05, 0) is 37.0 Å². The van der Waals surface area contributed by atoms with Gasteiger partial charge in [-0.1, -0.05) is 31.4 Å². The molecule has 2 aromatic heterocycles. The number of fused-ring (bicyclic) bond motifs is 1. The number of hydrogen-bond acceptors (Lipinski definition) is 6. The van der Waals surface area contributed by atoms with E-state index < -0.39 is 17.4 Å². The molecule has 1 aromatic carbocycles. The van der Waals surface area contributed by atoms with Crippen molar-refractivity contribution >= 4 is 17.6 Å². The van der Waals surface area contributed by atoms with Crippen molar-refractivity contribution in [3.63, 3.8) is 0 Å². The molecule has 0 aliphatic heterocycles. The fourth-order valence-corrected chi connectivity index (χ4v) is 3.90. The largest absolute Gasteiger partial charge is 0.388 e. The van der Waals surface area contributed by atoms with E-state index in [0.29, 0.717) is 18.4 Å². The summed E-state index contributed by atoms with van der Waals surface area (Å²) in [5.74, 6) is -1.19. The number of nitrogens with one attached hydrogen (secondary N) is 2. The second-order valence-electron chi connectivity index (χ2n) is 8.23. The van der Waals surface area contributed by atoms with Crippen molar-refractivity contribution in [3.8, 4) is 0 Å². The Labute approximate surface area is 184 Å². The SMILES string of the molecule is Cc1cc(CNC(=O)c2cc(C(=O)NCC3(O)CCCCC3)n3ncnc3n2)ccc1F. The molecule has 0 unspecified atom stereocenters. The molecule has 0 atom stereocenters. The lowest BCUT2D eigenvalue weighted by Gasteiger charge is -2.32. The molecule has 168 valence electrons. The molecule has 3 aromatic rings. The molecule has 1 aliphatic carbocycles. The molecular formula is C22H25FN6O3. The van der Waals surface area contributed by atoms with Gasteiger partial charge in [-0.2, -0.15) is 14.6 Å². The first-order chi connectivity index (χ1) is 15.3. The number of hydrogen-bond donors (Lipinski definition) is 3. The van der Waals surface area contributed by atoms with Gasteiger partial charge in [-0.25, -0.2) is 9.37 Å². The van der Waals surface area contributed by atoms with Gasteiger partial charge in [0.05, 0.1) is 5.60 Å². The molecule has 4 rings (SSSR count). The molecule has 0 spiro atoms. The van der Waals surface area contributed by atoms with Crippen molar-refractivity contribution in [2.24, 2.45) is 0 Å². The molecule has 3 N–H and O–H groups in total. The predicted octanol–water partition coefficient (Wildman–Crippen LogP) is 1.93. The molecule has 10 heteroatoms. The molecular weight excluding hydrogens is 415 g/mol. The predicted molar refractivity (Wildman–Crippen MR) is 113 cm³/mol. The summed E-state index contributed by atoms with van der Waals surface area (Å²) in [5.41, 5.74) is 0.397. The number of rotatable bonds is 6. The minimum atomic E-state index is -0.921. The fourth-order valence-electron chi connectivity index (χ4n) is 3.90. The van der Waals surface area contributed by atoms with Gasteiger partial charge in [0.2, 0.25) is 0 Å². The van der Waals surface area contributed by atoms with Crippen molar-refractivity contribution in [1.29, 1.82) is 0 Å². The number of amides is 2. The second kappa shape index (κ2) is 8.99. The Morgan fingerprint density at radius 2 is 1.94 bits per heavy atom. The number of aromatic nitrogens is 4. The number of aryl methyl sites for hydroxylation is 1. The standard InChI is InChI=1S/C22H25FN6O3/c1-14-9-15(5-6-16(14)23)11-24-19(30)17-10-18(29-21(28-17)26-13-27-29)20(31)25-12-22(32)7-3-2-4-8-22/h5-6,9-10,13,32H,2-4,7-8,11-12H2,1H3,(H,24,30)(H,25,31). The highest BCUT2D eigenvalue weighted by Crippen LogP contribution is 2.27. The van der Waals surface area contributed by atoms with Crippen molar-refractivity contribution < 1.29 is 19.1 Å². The summed E-state index contributed by atoms with van der Waals surface area (Å²) in [6.07, 6.45) is 5.45. The minimum absolute atomic E-state index is 0.00543. The molecule has 9 nitrogen and oxygen atoms in total. The number of benzene rings is 1. The molecule has 1 saturated carbocycles. The van der Waals surface area contributed by atoms with E-state index in [4.69, 9.17) is 0 Å². The van der Waals surface area contributed by atoms with E-state index in [1.807, 2.05) is 0 Å². The number of halogens is 1. The van der Waals surface area contributed by atoms with Gasteiger partial charge in [0.25, 0.3) is 17.6 Å². The maximum absolute atomic E-state index is 13.4. The van der Waals surface area contributed by atoms with E-state index in [1.54, 1.807) is 19.1 Å². The minimum Gasteiger partial charge on any atom is -0.388 e. The van der Waals surface area contributed by atoms with Crippen LogP contribution in [0.25, 0.3) is 5.78 Å². The zero-order valence-electron chi connectivity index (χ0n) is 17.8. The first kappa shape index (κ1) is 21.8. The number of carbonyl (C=O) groups excluding carboxylic acids is 2. The van der Waals surface area contributed by atoms with E-state index >= 15 is 0 Å². The lowest BCUT2D eigenvalue weighted by Crippen LogP contribution is -2.44. The van der Waals surface area contributed by atoms with E-state index in [2.05, 4.69) is 25.7 Å². The van der Waals surface area contributed by atoms with Crippen LogP contribution in [0.2, 0.25) is 0 Å². The highest BCUT2D eigenvalue weighted by atomic mass is 19.1. The third-order valence-corrected chi connectivity index (χ3v) is 5.75. The van der Waals surface area contributed by atoms with Gasteiger partial charge >= 0.3 is 0 Å². The Bertz CT molecular complexity index is 1160. The third-order valence-electron chi connectivity index (χ3n) is 5.75. The van der Waals surface area contributed by atoms with Crippen LogP contribution in [0.4, 0.5) is 4.39 Å². The van der Waals surface area contributed by atoms with Gasteiger partial charge in [0, 0.05) is 19.2 Å². The summed E-state index contributed by atoms with van der Waals surface area (Å²) in [6.45, 7) is 1.94. The van der Waals surface area contributed by atoms with Gasteiger partial charge in [0.1, 0.15) is 23.5 Å². The Balaban J connectivity index is 1.49. The Hall–Kier alpha value is -3.40. The first-order valence-electron chi connectivity index (χ1n) is 10.6. The Morgan fingerprint density at radius 1 is 1.16 bits per heavy atom. The summed E-state index contributed by atoms with van der Waals surface area (Å²) in [7, 11) is 0. The lowest BCUT2D eigenvalue weighted by atomic mass is 9.85. The Morgan fingerprint density at radius 3 is 2.69 bits per heavy atom. The molecule has 0 bridgehead atoms. The molecule has 1 aliphatic rings. The van der Waals surface area contributed by atoms with Crippen LogP contribution in [-0.4, -0.2) is 48.6 Å². The van der Waals surface area contributed by atoms with E-state index in [0.717, 1.165) is 24.8 Å². The van der Waals surface area contributed by atoms with Crippen molar-refractivity contribution in [2.75, 3.05) is 6.54 Å². The number of aliphatic hydroxyl groups is 1. The summed E-state index contributed by atoms with van der Waals surface area (Å²) >= 11 is 0. The smallest absolute Gasteiger partial charge is 0.270 e. The second-order valence-corrected chi connectivity index (χ2v) is 8.23. The fraction of sp³-hybridized carbons (Fsp3) is 0.409. The molecule has 2 amide bonds. The summed E-state index contributed by atoms with van der Waals surface area (Å²) in [5, 5.41) is 20.1. The maximum atomic E-state index is 13.4. The molecule has 1 fully saturated rings. The van der Waals surface area contributed by atoms with Crippen LogP contribution in [-0.2, 0) is 6.54 Å². The van der Waals surface area contributed by atoms with Crippen molar-refractivity contribution in [3.05, 3.63) is 58.9 Å². The molecule has 2 heterocycles. The maximum Gasteiger partial charge on any atom is 0.270 e. The van der Waals surface area contributed by atoms with Crippen LogP contribution in [0.5, 0.6) is 0 Å². The van der Waals surface area contributed by atoms with Gasteiger partial charge in [-0.15, -0.1) is 0 Å². The zero-order chi connectivity index (χ0) is 22.7. The van der Waals surface area contributed by atoms with Crippen LogP contribution in [0, 0.1) is 12.7 Å². The average Bonchev–Trinajstić information content (AvgIpc) is 3.27. The van der Waals surface area contributed by atoms with E-state index in [-0.39, 0.29) is 36.1 Å². The summed E-state index contributed by atoms with van der Waals surface area (Å²) < 4.78 is 14.7. The highest BCUT2D eigenvalue weighted by Gasteiger charge is 2.30. The van der Waals surface area contributed by atoms with Crippen LogP contribution >= 0.6 is 0 Å². The van der Waals surface area contributed by atoms with Crippen LogP contribution in [0.15, 0.2) is 30.6 Å². The van der Waals surface area contributed by atoms with Gasteiger partial charge < -0.3 is 15.7 Å². The topological polar surface area (TPSA) is 122 Å².